The van der Waals surface area contributed by atoms with Crippen molar-refractivity contribution in [1.29, 1.82) is 0 Å². The summed E-state index contributed by atoms with van der Waals surface area (Å²) in [4.78, 5) is 11.7. The number of carbonyl (C=O) groups excluding carboxylic acids is 1. The zero-order valence-corrected chi connectivity index (χ0v) is 9.22. The number of halogens is 2. The topological polar surface area (TPSA) is 55.1 Å². The third-order valence-corrected chi connectivity index (χ3v) is 3.61. The summed E-state index contributed by atoms with van der Waals surface area (Å²) >= 11 is 0. The maximum Gasteiger partial charge on any atom is 0.248 e. The molecule has 3 N–H and O–H groups in total. The van der Waals surface area contributed by atoms with Crippen molar-refractivity contribution in [3.05, 3.63) is 0 Å². The average molecular weight is 232 g/mol. The van der Waals surface area contributed by atoms with Gasteiger partial charge in [-0.1, -0.05) is 0 Å². The number of nitrogens with one attached hydrogen (secondary N) is 1. The first-order valence-electron chi connectivity index (χ1n) is 5.90. The van der Waals surface area contributed by atoms with Crippen LogP contribution in [0.3, 0.4) is 0 Å². The fourth-order valence-corrected chi connectivity index (χ4v) is 2.40. The van der Waals surface area contributed by atoms with E-state index >= 15 is 0 Å². The summed E-state index contributed by atoms with van der Waals surface area (Å²) in [7, 11) is 0. The van der Waals surface area contributed by atoms with Gasteiger partial charge >= 0.3 is 0 Å². The van der Waals surface area contributed by atoms with Crippen LogP contribution in [0.1, 0.15) is 38.5 Å². The van der Waals surface area contributed by atoms with Crippen LogP contribution in [0.5, 0.6) is 0 Å². The molecule has 0 aliphatic heterocycles. The van der Waals surface area contributed by atoms with Crippen molar-refractivity contribution in [2.24, 2.45) is 11.7 Å². The van der Waals surface area contributed by atoms with E-state index in [1.807, 2.05) is 0 Å². The predicted molar refractivity (Wildman–Crippen MR) is 56.0 cm³/mol. The monoisotopic (exact) mass is 232 g/mol. The van der Waals surface area contributed by atoms with E-state index in [0.717, 1.165) is 12.8 Å². The summed E-state index contributed by atoms with van der Waals surface area (Å²) in [5, 5.41) is 2.88. The Bertz CT molecular complexity index is 267. The van der Waals surface area contributed by atoms with E-state index in [0.29, 0.717) is 12.8 Å². The van der Waals surface area contributed by atoms with Crippen LogP contribution in [0.2, 0.25) is 0 Å². The van der Waals surface area contributed by atoms with Crippen molar-refractivity contribution in [3.63, 3.8) is 0 Å². The van der Waals surface area contributed by atoms with E-state index in [-0.39, 0.29) is 36.8 Å². The molecular weight excluding hydrogens is 214 g/mol. The second kappa shape index (κ2) is 4.28. The molecule has 0 saturated heterocycles. The van der Waals surface area contributed by atoms with Gasteiger partial charge in [0.2, 0.25) is 11.8 Å². The van der Waals surface area contributed by atoms with E-state index in [4.69, 9.17) is 5.73 Å². The highest BCUT2D eigenvalue weighted by molar-refractivity contribution is 5.79. The van der Waals surface area contributed by atoms with E-state index in [9.17, 15) is 13.6 Å². The van der Waals surface area contributed by atoms with Crippen LogP contribution in [0.4, 0.5) is 8.78 Å². The van der Waals surface area contributed by atoms with Crippen molar-refractivity contribution < 1.29 is 13.6 Å². The number of rotatable bonds is 2. The summed E-state index contributed by atoms with van der Waals surface area (Å²) < 4.78 is 25.8. The van der Waals surface area contributed by atoms with Gasteiger partial charge in [0.05, 0.1) is 0 Å². The highest BCUT2D eigenvalue weighted by Crippen LogP contribution is 2.36. The SMILES string of the molecule is NC1CC(NC(=O)C2CCC(F)(F)CC2)C1. The fraction of sp³-hybridized carbons (Fsp3) is 0.909. The molecule has 2 aliphatic carbocycles. The minimum atomic E-state index is -2.56. The average Bonchev–Trinajstić information content (AvgIpc) is 2.15. The lowest BCUT2D eigenvalue weighted by Crippen LogP contribution is -2.52. The molecule has 0 atom stereocenters. The molecule has 3 nitrogen and oxygen atoms in total. The smallest absolute Gasteiger partial charge is 0.248 e. The summed E-state index contributed by atoms with van der Waals surface area (Å²) in [6.07, 6.45) is 1.92. The molecule has 0 aromatic rings. The van der Waals surface area contributed by atoms with Gasteiger partial charge in [-0.05, 0) is 25.7 Å². The Kier molecular flexibility index (Phi) is 3.15. The first-order valence-corrected chi connectivity index (χ1v) is 5.90. The van der Waals surface area contributed by atoms with Gasteiger partial charge in [-0.25, -0.2) is 8.78 Å². The normalized spacial score (nSPS) is 34.2. The van der Waals surface area contributed by atoms with Crippen molar-refractivity contribution >= 4 is 5.91 Å². The summed E-state index contributed by atoms with van der Waals surface area (Å²) in [6, 6.07) is 0.367. The Hall–Kier alpha value is -0.710. The van der Waals surface area contributed by atoms with E-state index in [1.165, 1.54) is 0 Å². The summed E-state index contributed by atoms with van der Waals surface area (Å²) in [5.74, 6) is -2.85. The van der Waals surface area contributed by atoms with Crippen LogP contribution in [0.15, 0.2) is 0 Å². The Morgan fingerprint density at radius 2 is 1.81 bits per heavy atom. The number of amides is 1. The Labute approximate surface area is 93.8 Å². The maximum atomic E-state index is 12.9. The molecule has 2 aliphatic rings. The van der Waals surface area contributed by atoms with Crippen LogP contribution < -0.4 is 11.1 Å². The van der Waals surface area contributed by atoms with Gasteiger partial charge in [0.25, 0.3) is 0 Å². The Balaban J connectivity index is 1.74. The molecule has 2 saturated carbocycles. The molecule has 2 fully saturated rings. The molecule has 5 heteroatoms. The minimum absolute atomic E-state index is 0.0626. The van der Waals surface area contributed by atoms with Gasteiger partial charge in [0.1, 0.15) is 0 Å². The third kappa shape index (κ3) is 2.70. The Morgan fingerprint density at radius 3 is 2.31 bits per heavy atom. The summed E-state index contributed by atoms with van der Waals surface area (Å²) in [5.41, 5.74) is 5.61. The molecule has 0 heterocycles. The van der Waals surface area contributed by atoms with E-state index in [2.05, 4.69) is 5.32 Å². The molecule has 0 radical (unpaired) electrons. The molecular formula is C11H18F2N2O. The van der Waals surface area contributed by atoms with Crippen molar-refractivity contribution in [3.8, 4) is 0 Å². The number of hydrogen-bond acceptors (Lipinski definition) is 2. The predicted octanol–water partition coefficient (Wildman–Crippen LogP) is 1.42. The zero-order valence-electron chi connectivity index (χ0n) is 9.22. The lowest BCUT2D eigenvalue weighted by Gasteiger charge is -2.35. The molecule has 0 bridgehead atoms. The van der Waals surface area contributed by atoms with Crippen LogP contribution >= 0.6 is 0 Å². The van der Waals surface area contributed by atoms with Crippen LogP contribution in [-0.2, 0) is 4.79 Å². The van der Waals surface area contributed by atoms with Crippen molar-refractivity contribution in [2.75, 3.05) is 0 Å². The first kappa shape index (κ1) is 11.8. The van der Waals surface area contributed by atoms with Crippen LogP contribution in [-0.4, -0.2) is 23.9 Å². The molecule has 0 spiro atoms. The highest BCUT2D eigenvalue weighted by atomic mass is 19.3. The van der Waals surface area contributed by atoms with E-state index < -0.39 is 5.92 Å². The second-order valence-electron chi connectivity index (χ2n) is 5.07. The molecule has 1 amide bonds. The quantitative estimate of drug-likeness (QED) is 0.756. The third-order valence-electron chi connectivity index (χ3n) is 3.61. The largest absolute Gasteiger partial charge is 0.353 e. The Morgan fingerprint density at radius 1 is 1.25 bits per heavy atom. The lowest BCUT2D eigenvalue weighted by molar-refractivity contribution is -0.130. The first-order chi connectivity index (χ1) is 7.46. The lowest BCUT2D eigenvalue weighted by atomic mass is 9.84. The molecule has 0 unspecified atom stereocenters. The van der Waals surface area contributed by atoms with Crippen molar-refractivity contribution in [2.45, 2.75) is 56.5 Å². The van der Waals surface area contributed by atoms with Gasteiger partial charge < -0.3 is 11.1 Å². The standard InChI is InChI=1S/C11H18F2N2O/c12-11(13)3-1-7(2-4-11)10(16)15-9-5-8(14)6-9/h7-9H,1-6,14H2,(H,15,16). The number of nitrogens with two attached hydrogens (primary N) is 1. The van der Waals surface area contributed by atoms with E-state index in [1.54, 1.807) is 0 Å². The molecule has 16 heavy (non-hydrogen) atoms. The molecule has 2 rings (SSSR count). The maximum absolute atomic E-state index is 12.9. The molecule has 0 aromatic carbocycles. The number of alkyl halides is 2. The van der Waals surface area contributed by atoms with Gasteiger partial charge in [-0.15, -0.1) is 0 Å². The minimum Gasteiger partial charge on any atom is -0.353 e. The van der Waals surface area contributed by atoms with Crippen LogP contribution in [0, 0.1) is 5.92 Å². The molecule has 92 valence electrons. The van der Waals surface area contributed by atoms with Gasteiger partial charge in [0.15, 0.2) is 0 Å². The fourth-order valence-electron chi connectivity index (χ4n) is 2.40. The van der Waals surface area contributed by atoms with Crippen molar-refractivity contribution in [1.82, 2.24) is 5.32 Å². The second-order valence-corrected chi connectivity index (χ2v) is 5.07. The number of hydrogen-bond donors (Lipinski definition) is 2. The van der Waals surface area contributed by atoms with Gasteiger partial charge in [0, 0.05) is 30.8 Å². The highest BCUT2D eigenvalue weighted by Gasteiger charge is 2.38. The summed E-state index contributed by atoms with van der Waals surface area (Å²) in [6.45, 7) is 0. The number of carbonyl (C=O) groups is 1. The zero-order chi connectivity index (χ0) is 11.8. The van der Waals surface area contributed by atoms with Crippen LogP contribution in [0.25, 0.3) is 0 Å². The van der Waals surface area contributed by atoms with Gasteiger partial charge in [-0.2, -0.15) is 0 Å². The van der Waals surface area contributed by atoms with Gasteiger partial charge in [-0.3, -0.25) is 4.79 Å². The molecule has 0 aromatic heterocycles.